The molecule has 3 N–H and O–H groups in total. The summed E-state index contributed by atoms with van der Waals surface area (Å²) in [5.41, 5.74) is 3.72. The monoisotopic (exact) mass is 444 g/mol. The number of ether oxygens (including phenoxy) is 1. The number of carboxylic acid groups (broad SMARTS) is 1. The highest BCUT2D eigenvalue weighted by atomic mass is 16.5. The highest BCUT2D eigenvalue weighted by molar-refractivity contribution is 6.28. The number of rotatable bonds is 8. The van der Waals surface area contributed by atoms with Crippen molar-refractivity contribution in [3.63, 3.8) is 0 Å². The first-order valence-electron chi connectivity index (χ1n) is 10.2. The van der Waals surface area contributed by atoms with Crippen LogP contribution in [0.25, 0.3) is 6.08 Å². The number of hydrogen-bond donors (Lipinski definition) is 3. The summed E-state index contributed by atoms with van der Waals surface area (Å²) < 4.78 is 5.12. The molecule has 0 fully saturated rings. The number of anilines is 2. The van der Waals surface area contributed by atoms with E-state index in [1.807, 2.05) is 38.1 Å². The van der Waals surface area contributed by atoms with E-state index in [1.54, 1.807) is 48.5 Å². The zero-order valence-electron chi connectivity index (χ0n) is 18.3. The highest BCUT2D eigenvalue weighted by Gasteiger charge is 2.19. The Morgan fingerprint density at radius 2 is 1.21 bits per heavy atom. The first-order chi connectivity index (χ1) is 15.8. The fourth-order valence-electron chi connectivity index (χ4n) is 2.88. The summed E-state index contributed by atoms with van der Waals surface area (Å²) in [4.78, 5) is 36.7. The van der Waals surface area contributed by atoms with E-state index < -0.39 is 24.4 Å². The van der Waals surface area contributed by atoms with Gasteiger partial charge in [0.05, 0.1) is 0 Å². The van der Waals surface area contributed by atoms with Gasteiger partial charge in [0.15, 0.2) is 6.61 Å². The number of carboxylic acids is 1. The molecule has 0 unspecified atom stereocenters. The summed E-state index contributed by atoms with van der Waals surface area (Å²) in [6.45, 7) is 3.42. The summed E-state index contributed by atoms with van der Waals surface area (Å²) >= 11 is 0. The van der Waals surface area contributed by atoms with E-state index in [1.165, 1.54) is 6.08 Å². The van der Waals surface area contributed by atoms with E-state index in [9.17, 15) is 14.4 Å². The molecule has 0 radical (unpaired) electrons. The van der Waals surface area contributed by atoms with Gasteiger partial charge in [-0.15, -0.1) is 0 Å². The molecule has 0 spiro atoms. The maximum Gasteiger partial charge on any atom is 0.341 e. The van der Waals surface area contributed by atoms with Crippen LogP contribution in [0.1, 0.15) is 16.7 Å². The zero-order chi connectivity index (χ0) is 23.8. The van der Waals surface area contributed by atoms with Gasteiger partial charge >= 0.3 is 5.97 Å². The lowest BCUT2D eigenvalue weighted by molar-refractivity contribution is -0.139. The van der Waals surface area contributed by atoms with Crippen LogP contribution >= 0.6 is 0 Å². The lowest BCUT2D eigenvalue weighted by Crippen LogP contribution is -2.25. The number of aryl methyl sites for hydroxylation is 2. The normalized spacial score (nSPS) is 10.1. The van der Waals surface area contributed by atoms with Crippen molar-refractivity contribution in [3.05, 3.63) is 95.1 Å². The van der Waals surface area contributed by atoms with Crippen LogP contribution in [-0.4, -0.2) is 29.5 Å². The Balaban J connectivity index is 1.85. The number of hydrogen-bond acceptors (Lipinski definition) is 4. The summed E-state index contributed by atoms with van der Waals surface area (Å²) in [6.07, 6.45) is 1.47. The predicted octanol–water partition coefficient (Wildman–Crippen LogP) is 4.43. The summed E-state index contributed by atoms with van der Waals surface area (Å²) in [7, 11) is 0. The molecule has 0 saturated carbocycles. The van der Waals surface area contributed by atoms with Gasteiger partial charge in [-0.2, -0.15) is 0 Å². The number of benzene rings is 3. The molecule has 0 aliphatic rings. The van der Waals surface area contributed by atoms with Crippen molar-refractivity contribution in [2.45, 2.75) is 13.8 Å². The third kappa shape index (κ3) is 7.07. The Morgan fingerprint density at radius 1 is 0.758 bits per heavy atom. The molecule has 3 rings (SSSR count). The lowest BCUT2D eigenvalue weighted by Gasteiger charge is -2.11. The Kier molecular flexibility index (Phi) is 7.60. The minimum atomic E-state index is -1.08. The third-order valence-corrected chi connectivity index (χ3v) is 4.66. The van der Waals surface area contributed by atoms with Crippen molar-refractivity contribution in [1.82, 2.24) is 0 Å². The van der Waals surface area contributed by atoms with Crippen molar-refractivity contribution in [2.75, 3.05) is 17.2 Å². The Morgan fingerprint density at radius 3 is 1.64 bits per heavy atom. The van der Waals surface area contributed by atoms with Crippen LogP contribution in [0.15, 0.2) is 78.4 Å². The Hall–Kier alpha value is -4.39. The van der Waals surface area contributed by atoms with Gasteiger partial charge in [0.2, 0.25) is 0 Å². The molecule has 7 heteroatoms. The van der Waals surface area contributed by atoms with Gasteiger partial charge in [-0.05, 0) is 61.9 Å². The average molecular weight is 444 g/mol. The molecule has 0 saturated heterocycles. The fourth-order valence-corrected chi connectivity index (χ4v) is 2.88. The van der Waals surface area contributed by atoms with Gasteiger partial charge in [0.25, 0.3) is 11.8 Å². The van der Waals surface area contributed by atoms with Crippen molar-refractivity contribution in [1.29, 1.82) is 0 Å². The molecule has 0 aliphatic carbocycles. The van der Waals surface area contributed by atoms with Gasteiger partial charge < -0.3 is 20.5 Å². The van der Waals surface area contributed by atoms with E-state index in [4.69, 9.17) is 9.84 Å². The standard InChI is InChI=1S/C26H24N2O5/c1-17-3-9-20(10-4-17)27-25(31)23(26(32)28-21-11-5-18(2)6-12-21)15-19-7-13-22(14-8-19)33-16-24(29)30/h3-15H,16H2,1-2H3,(H,27,31)(H,28,32)(H,29,30). The first kappa shape index (κ1) is 23.3. The number of amides is 2. The quantitative estimate of drug-likeness (QED) is 0.271. The molecule has 3 aromatic carbocycles. The number of aliphatic carboxylic acids is 1. The van der Waals surface area contributed by atoms with E-state index >= 15 is 0 Å². The third-order valence-electron chi connectivity index (χ3n) is 4.66. The second-order valence-electron chi connectivity index (χ2n) is 7.45. The molecule has 3 aromatic rings. The summed E-state index contributed by atoms with van der Waals surface area (Å²) in [5.74, 6) is -1.84. The minimum Gasteiger partial charge on any atom is -0.482 e. The fraction of sp³-hybridized carbons (Fsp3) is 0.115. The maximum absolute atomic E-state index is 13.0. The average Bonchev–Trinajstić information content (AvgIpc) is 2.79. The van der Waals surface area contributed by atoms with Gasteiger partial charge in [-0.1, -0.05) is 47.5 Å². The Labute approximate surface area is 191 Å². The van der Waals surface area contributed by atoms with Crippen LogP contribution in [0.4, 0.5) is 11.4 Å². The minimum absolute atomic E-state index is 0.0876. The van der Waals surface area contributed by atoms with Crippen LogP contribution in [-0.2, 0) is 14.4 Å². The maximum atomic E-state index is 13.0. The molecule has 0 bridgehead atoms. The van der Waals surface area contributed by atoms with E-state index in [0.29, 0.717) is 22.7 Å². The van der Waals surface area contributed by atoms with E-state index in [2.05, 4.69) is 10.6 Å². The van der Waals surface area contributed by atoms with Crippen molar-refractivity contribution >= 4 is 35.2 Å². The van der Waals surface area contributed by atoms with Crippen molar-refractivity contribution in [3.8, 4) is 5.75 Å². The van der Waals surface area contributed by atoms with Crippen LogP contribution in [0.5, 0.6) is 5.75 Å². The van der Waals surface area contributed by atoms with Gasteiger partial charge in [-0.25, -0.2) is 4.79 Å². The SMILES string of the molecule is Cc1ccc(NC(=O)C(=Cc2ccc(OCC(=O)O)cc2)C(=O)Nc2ccc(C)cc2)cc1. The van der Waals surface area contributed by atoms with E-state index in [-0.39, 0.29) is 5.57 Å². The van der Waals surface area contributed by atoms with Gasteiger partial charge in [0.1, 0.15) is 11.3 Å². The topological polar surface area (TPSA) is 105 Å². The predicted molar refractivity (Wildman–Crippen MR) is 127 cm³/mol. The zero-order valence-corrected chi connectivity index (χ0v) is 18.3. The molecular formula is C26H24N2O5. The van der Waals surface area contributed by atoms with Crippen molar-refractivity contribution in [2.24, 2.45) is 0 Å². The molecule has 2 amide bonds. The Bertz CT molecular complexity index is 1100. The molecular weight excluding hydrogens is 420 g/mol. The molecule has 0 aromatic heterocycles. The van der Waals surface area contributed by atoms with Crippen LogP contribution in [0.3, 0.4) is 0 Å². The second-order valence-corrected chi connectivity index (χ2v) is 7.45. The molecule has 0 heterocycles. The molecule has 0 aliphatic heterocycles. The van der Waals surface area contributed by atoms with Crippen LogP contribution in [0.2, 0.25) is 0 Å². The highest BCUT2D eigenvalue weighted by Crippen LogP contribution is 2.18. The summed E-state index contributed by atoms with van der Waals surface area (Å²) in [6, 6.07) is 20.9. The first-order valence-corrected chi connectivity index (χ1v) is 10.2. The lowest BCUT2D eigenvalue weighted by atomic mass is 10.1. The van der Waals surface area contributed by atoms with Gasteiger partial charge in [0, 0.05) is 11.4 Å². The number of carbonyl (C=O) groups is 3. The summed E-state index contributed by atoms with van der Waals surface area (Å²) in [5, 5.41) is 14.2. The molecule has 168 valence electrons. The number of nitrogens with one attached hydrogen (secondary N) is 2. The molecule has 7 nitrogen and oxygen atoms in total. The molecule has 33 heavy (non-hydrogen) atoms. The van der Waals surface area contributed by atoms with Gasteiger partial charge in [-0.3, -0.25) is 9.59 Å². The largest absolute Gasteiger partial charge is 0.482 e. The smallest absolute Gasteiger partial charge is 0.341 e. The van der Waals surface area contributed by atoms with Crippen molar-refractivity contribution < 1.29 is 24.2 Å². The van der Waals surface area contributed by atoms with Crippen LogP contribution < -0.4 is 15.4 Å². The molecule has 0 atom stereocenters. The van der Waals surface area contributed by atoms with E-state index in [0.717, 1.165) is 11.1 Å². The second kappa shape index (κ2) is 10.8. The van der Waals surface area contributed by atoms with Crippen LogP contribution in [0, 0.1) is 13.8 Å². The number of carbonyl (C=O) groups excluding carboxylic acids is 2.